The van der Waals surface area contributed by atoms with Gasteiger partial charge in [-0.25, -0.2) is 0 Å². The van der Waals surface area contributed by atoms with Crippen molar-refractivity contribution < 1.29 is 14.4 Å². The number of rotatable bonds is 8. The predicted molar refractivity (Wildman–Crippen MR) is 106 cm³/mol. The van der Waals surface area contributed by atoms with Crippen molar-refractivity contribution in [3.8, 4) is 0 Å². The van der Waals surface area contributed by atoms with Crippen molar-refractivity contribution >= 4 is 23.3 Å². The van der Waals surface area contributed by atoms with Crippen molar-refractivity contribution in [2.75, 3.05) is 18.8 Å². The molecule has 6 heteroatoms. The van der Waals surface area contributed by atoms with E-state index in [1.807, 2.05) is 0 Å². The zero-order valence-electron chi connectivity index (χ0n) is 15.2. The molecule has 0 unspecified atom stereocenters. The first-order valence-corrected chi connectivity index (χ1v) is 8.62. The maximum absolute atomic E-state index is 12.8. The quantitative estimate of drug-likeness (QED) is 0.289. The number of hydrogen-bond acceptors (Lipinski definition) is 4. The second-order valence-electron chi connectivity index (χ2n) is 6.11. The minimum atomic E-state index is -0.348. The number of nitrogen functional groups attached to an aromatic ring is 1. The van der Waals surface area contributed by atoms with Crippen LogP contribution in [0, 0.1) is 0 Å². The molecule has 0 saturated heterocycles. The van der Waals surface area contributed by atoms with Crippen LogP contribution in [0.25, 0.3) is 0 Å². The number of para-hydroxylation sites is 1. The van der Waals surface area contributed by atoms with Gasteiger partial charge in [-0.2, -0.15) is 0 Å². The van der Waals surface area contributed by atoms with E-state index in [1.54, 1.807) is 55.5 Å². The van der Waals surface area contributed by atoms with Gasteiger partial charge in [-0.1, -0.05) is 36.9 Å². The second kappa shape index (κ2) is 9.33. The molecule has 6 nitrogen and oxygen atoms in total. The van der Waals surface area contributed by atoms with Gasteiger partial charge in [0.1, 0.15) is 0 Å². The van der Waals surface area contributed by atoms with E-state index < -0.39 is 0 Å². The highest BCUT2D eigenvalue weighted by atomic mass is 16.2. The molecule has 0 radical (unpaired) electrons. The lowest BCUT2D eigenvalue weighted by Crippen LogP contribution is -2.30. The summed E-state index contributed by atoms with van der Waals surface area (Å²) in [5, 5.41) is 5.46. The number of benzene rings is 2. The standard InChI is InChI=1S/C21H23N3O3/c1-14(2)20(26)23-12-7-13-24-21(27)16-9-4-3-8-15(16)19(25)17-10-5-6-11-18(17)22/h3-6,8-11H,1,7,12-13,22H2,2H3,(H,23,26)(H,24,27). The van der Waals surface area contributed by atoms with Crippen LogP contribution in [-0.4, -0.2) is 30.7 Å². The molecule has 2 aromatic carbocycles. The van der Waals surface area contributed by atoms with Crippen molar-refractivity contribution in [1.82, 2.24) is 10.6 Å². The second-order valence-corrected chi connectivity index (χ2v) is 6.11. The number of carbonyl (C=O) groups excluding carboxylic acids is 3. The first-order chi connectivity index (χ1) is 12.9. The van der Waals surface area contributed by atoms with Crippen LogP contribution in [0.3, 0.4) is 0 Å². The lowest BCUT2D eigenvalue weighted by atomic mass is 9.97. The lowest BCUT2D eigenvalue weighted by Gasteiger charge is -2.11. The topological polar surface area (TPSA) is 101 Å². The van der Waals surface area contributed by atoms with E-state index in [0.717, 1.165) is 0 Å². The van der Waals surface area contributed by atoms with Crippen LogP contribution in [0.5, 0.6) is 0 Å². The summed E-state index contributed by atoms with van der Waals surface area (Å²) in [7, 11) is 0. The number of hydrogen-bond donors (Lipinski definition) is 3. The predicted octanol–water partition coefficient (Wildman–Crippen LogP) is 2.31. The van der Waals surface area contributed by atoms with Gasteiger partial charge in [-0.3, -0.25) is 14.4 Å². The number of anilines is 1. The van der Waals surface area contributed by atoms with Gasteiger partial charge in [-0.05, 0) is 31.5 Å². The zero-order valence-corrected chi connectivity index (χ0v) is 15.2. The summed E-state index contributed by atoms with van der Waals surface area (Å²) in [6, 6.07) is 13.4. The highest BCUT2D eigenvalue weighted by Crippen LogP contribution is 2.19. The third-order valence-electron chi connectivity index (χ3n) is 3.93. The average Bonchev–Trinajstić information content (AvgIpc) is 2.67. The SMILES string of the molecule is C=C(C)C(=O)NCCCNC(=O)c1ccccc1C(=O)c1ccccc1N. The summed E-state index contributed by atoms with van der Waals surface area (Å²) in [5.74, 6) is -0.857. The summed E-state index contributed by atoms with van der Waals surface area (Å²) in [6.07, 6.45) is 0.562. The third-order valence-corrected chi connectivity index (χ3v) is 3.93. The number of amides is 2. The minimum Gasteiger partial charge on any atom is -0.398 e. The molecule has 0 aliphatic carbocycles. The molecular formula is C21H23N3O3. The first kappa shape index (κ1) is 19.9. The smallest absolute Gasteiger partial charge is 0.252 e. The number of nitrogens with two attached hydrogens (primary N) is 1. The Morgan fingerprint density at radius 2 is 1.44 bits per heavy atom. The molecular weight excluding hydrogens is 342 g/mol. The molecule has 0 bridgehead atoms. The van der Waals surface area contributed by atoms with E-state index in [-0.39, 0.29) is 23.2 Å². The molecule has 0 heterocycles. The zero-order chi connectivity index (χ0) is 19.8. The molecule has 0 aliphatic rings. The largest absolute Gasteiger partial charge is 0.398 e. The van der Waals surface area contributed by atoms with Crippen LogP contribution in [-0.2, 0) is 4.79 Å². The molecule has 27 heavy (non-hydrogen) atoms. The molecule has 4 N–H and O–H groups in total. The van der Waals surface area contributed by atoms with Gasteiger partial charge in [0.2, 0.25) is 5.91 Å². The van der Waals surface area contributed by atoms with Crippen molar-refractivity contribution in [1.29, 1.82) is 0 Å². The van der Waals surface area contributed by atoms with Gasteiger partial charge < -0.3 is 16.4 Å². The van der Waals surface area contributed by atoms with Crippen LogP contribution in [0.15, 0.2) is 60.7 Å². The lowest BCUT2D eigenvalue weighted by molar-refractivity contribution is -0.117. The van der Waals surface area contributed by atoms with Crippen LogP contribution < -0.4 is 16.4 Å². The normalized spacial score (nSPS) is 10.1. The number of carbonyl (C=O) groups is 3. The van der Waals surface area contributed by atoms with E-state index in [2.05, 4.69) is 17.2 Å². The van der Waals surface area contributed by atoms with Crippen LogP contribution in [0.4, 0.5) is 5.69 Å². The molecule has 0 saturated carbocycles. The Labute approximate surface area is 158 Å². The Bertz CT molecular complexity index is 874. The maximum Gasteiger partial charge on any atom is 0.252 e. The Morgan fingerprint density at radius 3 is 2.07 bits per heavy atom. The Balaban J connectivity index is 2.01. The van der Waals surface area contributed by atoms with Gasteiger partial charge >= 0.3 is 0 Å². The fraction of sp³-hybridized carbons (Fsp3) is 0.190. The van der Waals surface area contributed by atoms with E-state index in [9.17, 15) is 14.4 Å². The molecule has 2 aromatic rings. The highest BCUT2D eigenvalue weighted by molar-refractivity contribution is 6.17. The molecule has 2 amide bonds. The van der Waals surface area contributed by atoms with Gasteiger partial charge in [0.05, 0.1) is 5.56 Å². The molecule has 0 fully saturated rings. The summed E-state index contributed by atoms with van der Waals surface area (Å²) >= 11 is 0. The van der Waals surface area contributed by atoms with Gasteiger partial charge in [0, 0.05) is 35.5 Å². The number of ketones is 1. The van der Waals surface area contributed by atoms with E-state index in [1.165, 1.54) is 0 Å². The van der Waals surface area contributed by atoms with Crippen LogP contribution in [0.1, 0.15) is 39.6 Å². The summed E-state index contributed by atoms with van der Waals surface area (Å²) < 4.78 is 0. The molecule has 2 rings (SSSR count). The summed E-state index contributed by atoms with van der Waals surface area (Å²) in [4.78, 5) is 36.7. The Morgan fingerprint density at radius 1 is 0.889 bits per heavy atom. The fourth-order valence-corrected chi connectivity index (χ4v) is 2.47. The molecule has 0 aliphatic heterocycles. The van der Waals surface area contributed by atoms with Crippen LogP contribution >= 0.6 is 0 Å². The first-order valence-electron chi connectivity index (χ1n) is 8.62. The van der Waals surface area contributed by atoms with Crippen molar-refractivity contribution in [2.45, 2.75) is 13.3 Å². The highest BCUT2D eigenvalue weighted by Gasteiger charge is 2.19. The Kier molecular flexibility index (Phi) is 6.88. The number of nitrogens with one attached hydrogen (secondary N) is 2. The molecule has 0 spiro atoms. The van der Waals surface area contributed by atoms with Crippen LogP contribution in [0.2, 0.25) is 0 Å². The molecule has 0 atom stereocenters. The molecule has 140 valence electrons. The fourth-order valence-electron chi connectivity index (χ4n) is 2.47. The average molecular weight is 365 g/mol. The monoisotopic (exact) mass is 365 g/mol. The van der Waals surface area contributed by atoms with E-state index in [4.69, 9.17) is 5.73 Å². The molecule has 0 aromatic heterocycles. The van der Waals surface area contributed by atoms with E-state index >= 15 is 0 Å². The summed E-state index contributed by atoms with van der Waals surface area (Å²) in [5.41, 5.74) is 7.63. The van der Waals surface area contributed by atoms with Crippen molar-refractivity contribution in [2.24, 2.45) is 0 Å². The third kappa shape index (κ3) is 5.28. The van der Waals surface area contributed by atoms with Gasteiger partial charge in [-0.15, -0.1) is 0 Å². The van der Waals surface area contributed by atoms with Gasteiger partial charge in [0.25, 0.3) is 5.91 Å². The summed E-state index contributed by atoms with van der Waals surface area (Å²) in [6.45, 7) is 5.98. The van der Waals surface area contributed by atoms with Crippen molar-refractivity contribution in [3.05, 3.63) is 77.4 Å². The minimum absolute atomic E-state index is 0.210. The van der Waals surface area contributed by atoms with Crippen molar-refractivity contribution in [3.63, 3.8) is 0 Å². The Hall–Kier alpha value is -3.41. The van der Waals surface area contributed by atoms with E-state index in [0.29, 0.717) is 41.9 Å². The van der Waals surface area contributed by atoms with Gasteiger partial charge in [0.15, 0.2) is 5.78 Å². The maximum atomic E-state index is 12.8.